The standard InChI is InChI=1S/C61H40N2.C36H24N2.C25H17Br.7V.H2/c1-5-17-41(18-6-1)43-29-34-58-52(37-43)53-38-44(42-19-7-2-8-20-42)30-35-59(53)62(58)47-32-36-60-54(39-47)51-26-14-16-28-57(51)63(60)48-31-33-50-49-25-13-15-27-55(49)61(56(50)40-48,45-21-9-3-10-22-45)46-23-11-4-12-24-46;1-3-9-24(10-4-1)26-15-19-35-31(21-26)32-22-27(25-11-5-2-6-12-25)16-20-36(32)38(35)28-17-18-34-30(23-28)29-13-7-8-14-33(29)37-34;26-20-15-16-22-21-13-7-8-14-23(21)25(24(22)17-20,18-9-3-1-4-10-18)19-11-5-2-6-12-19;;;;;;;;/h1-40H;1-23,37H;1-17H;;;;;;;;1H. The second kappa shape index (κ2) is 39.6. The Labute approximate surface area is 872 Å². The first-order chi connectivity index (χ1) is 62.9. The molecule has 0 aliphatic heterocycles. The number of hydrogen-bond donors (Lipinski definition) is 1. The molecule has 24 aromatic rings. The molecule has 1 N–H and O–H groups in total. The van der Waals surface area contributed by atoms with Gasteiger partial charge in [-0.3, -0.25) is 0 Å². The van der Waals surface area contributed by atoms with Crippen LogP contribution in [0.1, 0.15) is 45.9 Å². The summed E-state index contributed by atoms with van der Waals surface area (Å²) in [5.41, 5.74) is 37.6. The van der Waals surface area contributed by atoms with E-state index in [2.05, 4.69) is 520 Å². The van der Waals surface area contributed by atoms with Crippen molar-refractivity contribution >= 4 is 103 Å². The molecule has 0 saturated heterocycles. The summed E-state index contributed by atoms with van der Waals surface area (Å²) in [6, 6.07) is 177. The number of aromatic amines is 1. The largest absolute Gasteiger partial charge is 0.355 e. The van der Waals surface area contributed by atoms with Gasteiger partial charge >= 0.3 is 0 Å². The monoisotopic (exact) mass is 2040 g/mol. The molecule has 633 valence electrons. The van der Waals surface area contributed by atoms with Crippen molar-refractivity contribution in [2.24, 2.45) is 0 Å². The Kier molecular flexibility index (Phi) is 27.8. The van der Waals surface area contributed by atoms with Gasteiger partial charge in [0.2, 0.25) is 0 Å². The average Bonchev–Trinajstić information content (AvgIpc) is 1.53. The topological polar surface area (TPSA) is 30.6 Å². The van der Waals surface area contributed by atoms with E-state index in [1.54, 1.807) is 0 Å². The molecule has 0 spiro atoms. The minimum absolute atomic E-state index is 0. The Morgan fingerprint density at radius 3 is 0.851 bits per heavy atom. The predicted molar refractivity (Wildman–Crippen MR) is 538 cm³/mol. The van der Waals surface area contributed by atoms with Crippen molar-refractivity contribution in [3.8, 4) is 83.8 Å². The maximum Gasteiger partial charge on any atom is 0.0714 e. The summed E-state index contributed by atoms with van der Waals surface area (Å²) >= 11 is 3.71. The third-order valence-corrected chi connectivity index (χ3v) is 27.2. The van der Waals surface area contributed by atoms with Crippen molar-refractivity contribution in [2.75, 3.05) is 0 Å². The fourth-order valence-electron chi connectivity index (χ4n) is 21.2. The first kappa shape index (κ1) is 94.0. The van der Waals surface area contributed by atoms with E-state index in [-0.39, 0.29) is 137 Å². The maximum atomic E-state index is 3.71. The fourth-order valence-corrected chi connectivity index (χ4v) is 21.5. The van der Waals surface area contributed by atoms with E-state index in [0.717, 1.165) is 21.4 Å². The van der Waals surface area contributed by atoms with Crippen LogP contribution in [0.2, 0.25) is 0 Å². The summed E-state index contributed by atoms with van der Waals surface area (Å²) < 4.78 is 8.46. The summed E-state index contributed by atoms with van der Waals surface area (Å²) in [5, 5.41) is 9.96. The molecule has 12 heteroatoms. The molecule has 2 aliphatic rings. The molecular formula is C122H83BrN4V7. The quantitative estimate of drug-likeness (QED) is 0.134. The third kappa shape index (κ3) is 15.8. The summed E-state index contributed by atoms with van der Waals surface area (Å²) in [7, 11) is 0. The van der Waals surface area contributed by atoms with Gasteiger partial charge in [-0.25, -0.2) is 0 Å². The number of halogens is 1. The minimum atomic E-state index is -0.478. The van der Waals surface area contributed by atoms with Crippen LogP contribution in [0.5, 0.6) is 0 Å². The second-order valence-electron chi connectivity index (χ2n) is 33.5. The number of para-hydroxylation sites is 2. The van der Waals surface area contributed by atoms with Crippen molar-refractivity contribution in [1.82, 2.24) is 18.7 Å². The SMILES string of the molecule is Brc1ccc2c(c1)C(c1ccccc1)(c1ccccc1)c1ccccc1-2.[HH].[V].[V].[V].[V].[V].[V].[V].c1ccc(-c2ccc3c(c2)c2cc(-c4ccccc4)ccc2n3-c2ccc3[nH]c4ccccc4c3c2)cc1.c1ccc(-c2ccc3c(c2)c2cc(-c4ccccc4)ccc2n3-c2ccc3c(c2)c2ccccc2n3-c2ccc3c(c2)C(c2ccccc2)(c2ccccc2)c2ccccc2-3)cc1. The van der Waals surface area contributed by atoms with Gasteiger partial charge in [0, 0.05) is 207 Å². The molecular weight excluding hydrogens is 1960 g/mol. The van der Waals surface area contributed by atoms with Gasteiger partial charge < -0.3 is 18.7 Å². The van der Waals surface area contributed by atoms with Gasteiger partial charge in [-0.15, -0.1) is 0 Å². The second-order valence-corrected chi connectivity index (χ2v) is 34.4. The van der Waals surface area contributed by atoms with Crippen LogP contribution in [0.3, 0.4) is 0 Å². The Balaban J connectivity index is 0.000000157. The Morgan fingerprint density at radius 1 is 0.179 bits per heavy atom. The van der Waals surface area contributed by atoms with Crippen LogP contribution >= 0.6 is 15.9 Å². The Hall–Kier alpha value is -11.8. The third-order valence-electron chi connectivity index (χ3n) is 26.7. The van der Waals surface area contributed by atoms with Crippen molar-refractivity contribution in [3.63, 3.8) is 0 Å². The minimum Gasteiger partial charge on any atom is -0.355 e. The molecule has 20 aromatic carbocycles. The smallest absolute Gasteiger partial charge is 0.0714 e. The van der Waals surface area contributed by atoms with Crippen LogP contribution in [0.25, 0.3) is 171 Å². The van der Waals surface area contributed by atoms with Gasteiger partial charge in [-0.1, -0.05) is 380 Å². The fraction of sp³-hybridized carbons (Fsp3) is 0.0164. The van der Waals surface area contributed by atoms with E-state index in [0.29, 0.717) is 0 Å². The number of fused-ring (bicyclic) bond motifs is 18. The molecule has 0 saturated carbocycles. The van der Waals surface area contributed by atoms with Gasteiger partial charge in [0.15, 0.2) is 0 Å². The van der Waals surface area contributed by atoms with Gasteiger partial charge in [0.1, 0.15) is 0 Å². The number of nitrogens with zero attached hydrogens (tertiary/aromatic N) is 3. The van der Waals surface area contributed by atoms with Crippen LogP contribution < -0.4 is 0 Å². The Bertz CT molecular complexity index is 8130. The van der Waals surface area contributed by atoms with Crippen molar-refractivity contribution in [1.29, 1.82) is 0 Å². The zero-order valence-electron chi connectivity index (χ0n) is 72.5. The summed E-state index contributed by atoms with van der Waals surface area (Å²) in [6.45, 7) is 0. The number of nitrogens with one attached hydrogen (secondary N) is 1. The van der Waals surface area contributed by atoms with Crippen molar-refractivity contribution in [2.45, 2.75) is 10.8 Å². The number of aromatic nitrogens is 4. The van der Waals surface area contributed by atoms with Crippen molar-refractivity contribution < 1.29 is 131 Å². The van der Waals surface area contributed by atoms with Crippen LogP contribution in [0, 0.1) is 0 Å². The number of hydrogen-bond acceptors (Lipinski definition) is 0. The summed E-state index contributed by atoms with van der Waals surface area (Å²) in [5.74, 6) is 0. The average molecular weight is 2040 g/mol. The van der Waals surface area contributed by atoms with E-state index in [1.807, 2.05) is 0 Å². The number of benzene rings is 20. The molecule has 4 aromatic heterocycles. The van der Waals surface area contributed by atoms with Gasteiger partial charge in [0.25, 0.3) is 0 Å². The normalized spacial score (nSPS) is 12.1. The first-order valence-electron chi connectivity index (χ1n) is 43.7. The molecule has 0 unspecified atom stereocenters. The number of H-pyrrole nitrogens is 1. The molecule has 0 amide bonds. The summed E-state index contributed by atoms with van der Waals surface area (Å²) in [6.07, 6.45) is 0. The van der Waals surface area contributed by atoms with Gasteiger partial charge in [-0.2, -0.15) is 0 Å². The molecule has 4 heterocycles. The molecule has 134 heavy (non-hydrogen) atoms. The van der Waals surface area contributed by atoms with Crippen LogP contribution in [0.4, 0.5) is 0 Å². The van der Waals surface area contributed by atoms with E-state index >= 15 is 0 Å². The van der Waals surface area contributed by atoms with Crippen molar-refractivity contribution in [3.05, 3.63) is 534 Å². The molecule has 7 radical (unpaired) electrons. The van der Waals surface area contributed by atoms with Crippen LogP contribution in [-0.2, 0) is 141 Å². The number of rotatable bonds is 11. The van der Waals surface area contributed by atoms with Crippen LogP contribution in [0.15, 0.2) is 490 Å². The first-order valence-corrected chi connectivity index (χ1v) is 44.5. The molecule has 2 aliphatic carbocycles. The molecule has 0 bridgehead atoms. The van der Waals surface area contributed by atoms with E-state index in [1.165, 1.54) is 199 Å². The molecule has 0 atom stereocenters. The zero-order valence-corrected chi connectivity index (χ0v) is 83.9. The molecule has 26 rings (SSSR count). The van der Waals surface area contributed by atoms with Gasteiger partial charge in [0.05, 0.1) is 43.9 Å². The van der Waals surface area contributed by atoms with E-state index < -0.39 is 5.41 Å². The van der Waals surface area contributed by atoms with E-state index in [9.17, 15) is 0 Å². The van der Waals surface area contributed by atoms with Crippen LogP contribution in [-0.4, -0.2) is 18.7 Å². The van der Waals surface area contributed by atoms with Gasteiger partial charge in [-0.05, 0) is 233 Å². The predicted octanol–water partition coefficient (Wildman–Crippen LogP) is 32.4. The summed E-state index contributed by atoms with van der Waals surface area (Å²) in [4.78, 5) is 3.57. The zero-order chi connectivity index (χ0) is 84.1. The molecule has 0 fully saturated rings. The molecule has 4 nitrogen and oxygen atoms in total. The maximum absolute atomic E-state index is 3.71. The van der Waals surface area contributed by atoms with E-state index in [4.69, 9.17) is 0 Å². The Morgan fingerprint density at radius 2 is 0.448 bits per heavy atom.